The first-order valence-corrected chi connectivity index (χ1v) is 10.6. The number of hydrogen-bond acceptors (Lipinski definition) is 7. The van der Waals surface area contributed by atoms with Gasteiger partial charge in [0.2, 0.25) is 0 Å². The summed E-state index contributed by atoms with van der Waals surface area (Å²) in [6.45, 7) is 2.55. The predicted octanol–water partition coefficient (Wildman–Crippen LogP) is 2.52. The number of ether oxygens (including phenoxy) is 1. The van der Waals surface area contributed by atoms with Crippen LogP contribution in [0.25, 0.3) is 0 Å². The average Bonchev–Trinajstić information content (AvgIpc) is 2.85. The van der Waals surface area contributed by atoms with E-state index in [0.29, 0.717) is 54.6 Å². The average molecular weight is 447 g/mol. The molecule has 1 aliphatic rings. The molecule has 1 saturated heterocycles. The van der Waals surface area contributed by atoms with Crippen molar-refractivity contribution >= 4 is 23.5 Å². The smallest absolute Gasteiger partial charge is 0.253 e. The fourth-order valence-corrected chi connectivity index (χ4v) is 3.55. The number of carbonyl (C=O) groups excluding carboxylic acids is 2. The Kier molecular flexibility index (Phi) is 6.39. The molecule has 0 aliphatic carbocycles. The van der Waals surface area contributed by atoms with Gasteiger partial charge in [-0.05, 0) is 60.7 Å². The van der Waals surface area contributed by atoms with Crippen LogP contribution in [0.2, 0.25) is 0 Å². The Morgan fingerprint density at radius 1 is 0.818 bits per heavy atom. The van der Waals surface area contributed by atoms with Crippen molar-refractivity contribution < 1.29 is 14.3 Å². The second kappa shape index (κ2) is 9.56. The molecular weight excluding hydrogens is 420 g/mol. The zero-order valence-electron chi connectivity index (χ0n) is 18.6. The van der Waals surface area contributed by atoms with Gasteiger partial charge in [-0.1, -0.05) is 0 Å². The summed E-state index contributed by atoms with van der Waals surface area (Å²) in [5, 5.41) is 8.00. The Balaban J connectivity index is 1.33. The van der Waals surface area contributed by atoms with Crippen LogP contribution in [0.15, 0.2) is 60.7 Å². The summed E-state index contributed by atoms with van der Waals surface area (Å²) in [6, 6.07) is 17.6. The minimum atomic E-state index is -0.0633. The van der Waals surface area contributed by atoms with Crippen molar-refractivity contribution in [3.8, 4) is 11.5 Å². The van der Waals surface area contributed by atoms with E-state index in [1.165, 1.54) is 4.90 Å². The van der Waals surface area contributed by atoms with Crippen LogP contribution in [0, 0.1) is 0 Å². The minimum Gasteiger partial charge on any atom is -0.457 e. The van der Waals surface area contributed by atoms with Crippen LogP contribution in [0.3, 0.4) is 0 Å². The van der Waals surface area contributed by atoms with Crippen LogP contribution in [0.4, 0.5) is 11.6 Å². The van der Waals surface area contributed by atoms with E-state index in [9.17, 15) is 9.59 Å². The van der Waals surface area contributed by atoms with Crippen molar-refractivity contribution in [2.75, 3.05) is 50.9 Å². The second-order valence-electron chi connectivity index (χ2n) is 7.95. The summed E-state index contributed by atoms with van der Waals surface area (Å²) in [4.78, 5) is 30.3. The van der Waals surface area contributed by atoms with Crippen LogP contribution in [0.5, 0.6) is 11.5 Å². The normalized spacial score (nSPS) is 13.5. The molecule has 0 unspecified atom stereocenters. The Morgan fingerprint density at radius 3 is 1.91 bits per heavy atom. The molecule has 9 heteroatoms. The number of carbonyl (C=O) groups is 2. The molecule has 33 heavy (non-hydrogen) atoms. The molecule has 0 bridgehead atoms. The first-order valence-electron chi connectivity index (χ1n) is 10.6. The summed E-state index contributed by atoms with van der Waals surface area (Å²) < 4.78 is 5.85. The largest absolute Gasteiger partial charge is 0.457 e. The van der Waals surface area contributed by atoms with Crippen molar-refractivity contribution in [3.05, 3.63) is 71.8 Å². The molecule has 4 rings (SSSR count). The van der Waals surface area contributed by atoms with E-state index in [2.05, 4.69) is 15.1 Å². The molecule has 0 saturated carbocycles. The molecular formula is C24H26N6O3. The zero-order chi connectivity index (χ0) is 23.4. The van der Waals surface area contributed by atoms with E-state index in [1.54, 1.807) is 68.7 Å². The van der Waals surface area contributed by atoms with Gasteiger partial charge in [0.15, 0.2) is 5.82 Å². The van der Waals surface area contributed by atoms with Crippen molar-refractivity contribution in [2.45, 2.75) is 0 Å². The number of nitrogens with two attached hydrogens (primary N) is 1. The molecule has 1 aliphatic heterocycles. The molecule has 2 heterocycles. The lowest BCUT2D eigenvalue weighted by Gasteiger charge is -2.35. The van der Waals surface area contributed by atoms with Crippen LogP contribution >= 0.6 is 0 Å². The van der Waals surface area contributed by atoms with Crippen LogP contribution in [0.1, 0.15) is 20.7 Å². The highest BCUT2D eigenvalue weighted by atomic mass is 16.5. The Morgan fingerprint density at radius 2 is 1.39 bits per heavy atom. The lowest BCUT2D eigenvalue weighted by Crippen LogP contribution is -2.49. The quantitative estimate of drug-likeness (QED) is 0.642. The molecule has 2 aromatic carbocycles. The van der Waals surface area contributed by atoms with Gasteiger partial charge in [-0.25, -0.2) is 0 Å². The number of anilines is 2. The first-order chi connectivity index (χ1) is 15.9. The number of piperazine rings is 1. The molecule has 0 spiro atoms. The SMILES string of the molecule is CN(C)C(=O)c1ccc(Oc2ccc(C(=O)N3CCN(c4ccc(N)nn4)CC3)cc2)cc1. The lowest BCUT2D eigenvalue weighted by atomic mass is 10.1. The highest BCUT2D eigenvalue weighted by Gasteiger charge is 2.23. The molecule has 2 amide bonds. The predicted molar refractivity (Wildman–Crippen MR) is 126 cm³/mol. The lowest BCUT2D eigenvalue weighted by molar-refractivity contribution is 0.0746. The van der Waals surface area contributed by atoms with Crippen LogP contribution in [-0.2, 0) is 0 Å². The molecule has 170 valence electrons. The fraction of sp³-hybridized carbons (Fsp3) is 0.250. The van der Waals surface area contributed by atoms with E-state index >= 15 is 0 Å². The minimum absolute atomic E-state index is 0.0175. The first kappa shape index (κ1) is 22.1. The number of hydrogen-bond donors (Lipinski definition) is 1. The van der Waals surface area contributed by atoms with Crippen molar-refractivity contribution in [1.29, 1.82) is 0 Å². The molecule has 3 aromatic rings. The van der Waals surface area contributed by atoms with Gasteiger partial charge >= 0.3 is 0 Å². The van der Waals surface area contributed by atoms with Gasteiger partial charge < -0.3 is 25.2 Å². The molecule has 2 N–H and O–H groups in total. The van der Waals surface area contributed by atoms with Crippen molar-refractivity contribution in [1.82, 2.24) is 20.0 Å². The van der Waals surface area contributed by atoms with Crippen molar-refractivity contribution in [3.63, 3.8) is 0 Å². The second-order valence-corrected chi connectivity index (χ2v) is 7.95. The van der Waals surface area contributed by atoms with E-state index in [0.717, 1.165) is 5.82 Å². The summed E-state index contributed by atoms with van der Waals surface area (Å²) in [6.07, 6.45) is 0. The number of aromatic nitrogens is 2. The number of benzene rings is 2. The maximum absolute atomic E-state index is 12.9. The zero-order valence-corrected chi connectivity index (χ0v) is 18.6. The third-order valence-electron chi connectivity index (χ3n) is 5.41. The van der Waals surface area contributed by atoms with E-state index in [1.807, 2.05) is 11.0 Å². The maximum atomic E-state index is 12.9. The highest BCUT2D eigenvalue weighted by molar-refractivity contribution is 5.95. The summed E-state index contributed by atoms with van der Waals surface area (Å²) in [7, 11) is 3.42. The standard InChI is InChI=1S/C24H26N6O3/c1-28(2)23(31)17-3-7-19(8-4-17)33-20-9-5-18(6-10-20)24(32)30-15-13-29(14-16-30)22-12-11-21(25)26-27-22/h3-12H,13-16H2,1-2H3,(H2,25,26). The number of nitrogens with zero attached hydrogens (tertiary/aromatic N) is 5. The highest BCUT2D eigenvalue weighted by Crippen LogP contribution is 2.23. The third kappa shape index (κ3) is 5.20. The summed E-state index contributed by atoms with van der Waals surface area (Å²) in [5.41, 5.74) is 6.80. The van der Waals surface area contributed by atoms with Crippen LogP contribution in [-0.4, -0.2) is 72.1 Å². The molecule has 9 nitrogen and oxygen atoms in total. The van der Waals surface area contributed by atoms with Gasteiger partial charge in [-0.15, -0.1) is 10.2 Å². The number of nitrogen functional groups attached to an aromatic ring is 1. The van der Waals surface area contributed by atoms with Gasteiger partial charge in [-0.3, -0.25) is 9.59 Å². The van der Waals surface area contributed by atoms with Gasteiger partial charge in [0.1, 0.15) is 17.3 Å². The molecule has 0 atom stereocenters. The fourth-order valence-electron chi connectivity index (χ4n) is 3.55. The molecule has 1 aromatic heterocycles. The van der Waals surface area contributed by atoms with Gasteiger partial charge in [0, 0.05) is 51.4 Å². The molecule has 0 radical (unpaired) electrons. The van der Waals surface area contributed by atoms with Crippen LogP contribution < -0.4 is 15.4 Å². The Hall–Kier alpha value is -4.14. The van der Waals surface area contributed by atoms with E-state index < -0.39 is 0 Å². The Labute approximate surface area is 192 Å². The van der Waals surface area contributed by atoms with E-state index in [-0.39, 0.29) is 11.8 Å². The summed E-state index contributed by atoms with van der Waals surface area (Å²) in [5.74, 6) is 2.30. The monoisotopic (exact) mass is 446 g/mol. The maximum Gasteiger partial charge on any atom is 0.253 e. The Bertz CT molecular complexity index is 1110. The van der Waals surface area contributed by atoms with E-state index in [4.69, 9.17) is 10.5 Å². The number of rotatable bonds is 5. The topological polar surface area (TPSA) is 105 Å². The van der Waals surface area contributed by atoms with Gasteiger partial charge in [-0.2, -0.15) is 0 Å². The summed E-state index contributed by atoms with van der Waals surface area (Å²) >= 11 is 0. The third-order valence-corrected chi connectivity index (χ3v) is 5.41. The number of amides is 2. The van der Waals surface area contributed by atoms with Gasteiger partial charge in [0.25, 0.3) is 11.8 Å². The molecule has 1 fully saturated rings. The van der Waals surface area contributed by atoms with Crippen molar-refractivity contribution in [2.24, 2.45) is 0 Å². The van der Waals surface area contributed by atoms with Gasteiger partial charge in [0.05, 0.1) is 0 Å².